The number of benzene rings is 1. The van der Waals surface area contributed by atoms with Gasteiger partial charge in [-0.1, -0.05) is 53.4 Å². The molecule has 0 aliphatic rings. The highest BCUT2D eigenvalue weighted by Gasteiger charge is 2.22. The molecule has 2 aromatic heterocycles. The first-order valence-corrected chi connectivity index (χ1v) is 11.6. The van der Waals surface area contributed by atoms with E-state index in [1.807, 2.05) is 42.6 Å². The second kappa shape index (κ2) is 10.4. The Balaban J connectivity index is 1.72. The zero-order chi connectivity index (χ0) is 20.6. The number of esters is 1. The maximum Gasteiger partial charge on any atom is 0.341 e. The highest BCUT2D eigenvalue weighted by molar-refractivity contribution is 8.01. The second-order valence-electron chi connectivity index (χ2n) is 5.68. The van der Waals surface area contributed by atoms with Crippen molar-refractivity contribution in [2.45, 2.75) is 18.2 Å². The average Bonchev–Trinajstić information content (AvgIpc) is 3.34. The molecule has 0 saturated carbocycles. The summed E-state index contributed by atoms with van der Waals surface area (Å²) >= 11 is 4.01. The summed E-state index contributed by atoms with van der Waals surface area (Å²) in [5, 5.41) is 17.1. The average molecular weight is 449 g/mol. The summed E-state index contributed by atoms with van der Waals surface area (Å²) in [6.45, 7) is 4.76. The van der Waals surface area contributed by atoms with Gasteiger partial charge in [0.05, 0.1) is 12.4 Å². The monoisotopic (exact) mass is 448 g/mol. The van der Waals surface area contributed by atoms with Gasteiger partial charge in [-0.25, -0.2) is 4.79 Å². The number of aromatic nitrogens is 2. The van der Waals surface area contributed by atoms with Crippen molar-refractivity contribution in [3.8, 4) is 11.1 Å². The molecule has 10 heteroatoms. The van der Waals surface area contributed by atoms with Crippen LogP contribution in [0, 0.1) is 0 Å². The van der Waals surface area contributed by atoms with E-state index in [4.69, 9.17) is 4.74 Å². The third kappa shape index (κ3) is 5.55. The van der Waals surface area contributed by atoms with E-state index in [-0.39, 0.29) is 18.3 Å². The van der Waals surface area contributed by atoms with Gasteiger partial charge in [-0.2, -0.15) is 0 Å². The smallest absolute Gasteiger partial charge is 0.341 e. The third-order valence-corrected chi connectivity index (χ3v) is 6.58. The van der Waals surface area contributed by atoms with Crippen molar-refractivity contribution in [2.24, 2.45) is 0 Å². The standard InChI is InChI=1S/C19H20N4O3S3/c1-3-20-18-22-23-19(29-18)28-11-14(24)21-16-15(17(25)26-4-2)13(10-27-16)12-8-6-5-7-9-12/h5-10H,3-4,11H2,1-2H3,(H,20,22)(H,21,24). The lowest BCUT2D eigenvalue weighted by atomic mass is 10.0. The van der Waals surface area contributed by atoms with Crippen molar-refractivity contribution in [3.05, 3.63) is 41.3 Å². The quantitative estimate of drug-likeness (QED) is 0.365. The first-order chi connectivity index (χ1) is 14.1. The fourth-order valence-electron chi connectivity index (χ4n) is 2.47. The van der Waals surface area contributed by atoms with Crippen LogP contribution in [0.2, 0.25) is 0 Å². The van der Waals surface area contributed by atoms with Crippen LogP contribution in [0.4, 0.5) is 10.1 Å². The molecule has 0 saturated heterocycles. The number of carbonyl (C=O) groups is 2. The van der Waals surface area contributed by atoms with Crippen LogP contribution in [-0.2, 0) is 9.53 Å². The Morgan fingerprint density at radius 2 is 1.97 bits per heavy atom. The normalized spacial score (nSPS) is 10.6. The van der Waals surface area contributed by atoms with Gasteiger partial charge in [0.15, 0.2) is 4.34 Å². The lowest BCUT2D eigenvalue weighted by Crippen LogP contribution is -2.16. The van der Waals surface area contributed by atoms with Gasteiger partial charge in [-0.05, 0) is 19.4 Å². The molecule has 0 aliphatic heterocycles. The van der Waals surface area contributed by atoms with E-state index in [0.29, 0.717) is 14.9 Å². The Bertz CT molecular complexity index is 972. The van der Waals surface area contributed by atoms with E-state index in [1.54, 1.807) is 6.92 Å². The van der Waals surface area contributed by atoms with Gasteiger partial charge in [0.25, 0.3) is 0 Å². The number of hydrogen-bond donors (Lipinski definition) is 2. The highest BCUT2D eigenvalue weighted by Crippen LogP contribution is 2.36. The molecule has 0 aliphatic carbocycles. The minimum Gasteiger partial charge on any atom is -0.462 e. The predicted octanol–water partition coefficient (Wildman–Crippen LogP) is 4.61. The maximum absolute atomic E-state index is 12.6. The third-order valence-electron chi connectivity index (χ3n) is 3.67. The number of ether oxygens (including phenoxy) is 1. The van der Waals surface area contributed by atoms with E-state index in [0.717, 1.165) is 22.8 Å². The number of anilines is 2. The van der Waals surface area contributed by atoms with Crippen LogP contribution in [-0.4, -0.2) is 41.0 Å². The number of rotatable bonds is 9. The van der Waals surface area contributed by atoms with Crippen molar-refractivity contribution in [1.29, 1.82) is 0 Å². The topological polar surface area (TPSA) is 93.2 Å². The Morgan fingerprint density at radius 1 is 1.17 bits per heavy atom. The molecule has 3 rings (SSSR count). The van der Waals surface area contributed by atoms with Crippen molar-refractivity contribution in [2.75, 3.05) is 29.5 Å². The van der Waals surface area contributed by atoms with Crippen LogP contribution in [0.5, 0.6) is 0 Å². The molecule has 0 fully saturated rings. The summed E-state index contributed by atoms with van der Waals surface area (Å²) in [7, 11) is 0. The van der Waals surface area contributed by atoms with Gasteiger partial charge in [0.1, 0.15) is 10.6 Å². The minimum absolute atomic E-state index is 0.168. The molecule has 1 aromatic carbocycles. The molecule has 2 N–H and O–H groups in total. The van der Waals surface area contributed by atoms with E-state index in [9.17, 15) is 9.59 Å². The fourth-order valence-corrected chi connectivity index (χ4v) is 5.06. The molecule has 7 nitrogen and oxygen atoms in total. The molecule has 0 radical (unpaired) electrons. The Hall–Kier alpha value is -2.43. The summed E-state index contributed by atoms with van der Waals surface area (Å²) in [6.07, 6.45) is 0. The SMILES string of the molecule is CCNc1nnc(SCC(=O)Nc2scc(-c3ccccc3)c2C(=O)OCC)s1. The zero-order valence-corrected chi connectivity index (χ0v) is 18.4. The van der Waals surface area contributed by atoms with Crippen LogP contribution in [0.15, 0.2) is 40.1 Å². The molecular formula is C19H20N4O3S3. The number of thiophene rings is 1. The second-order valence-corrected chi connectivity index (χ2v) is 8.76. The number of carbonyl (C=O) groups excluding carboxylic acids is 2. The summed E-state index contributed by atoms with van der Waals surface area (Å²) < 4.78 is 5.92. The highest BCUT2D eigenvalue weighted by atomic mass is 32.2. The molecule has 152 valence electrons. The molecule has 0 spiro atoms. The molecule has 0 atom stereocenters. The first-order valence-electron chi connectivity index (χ1n) is 8.96. The summed E-state index contributed by atoms with van der Waals surface area (Å²) in [6, 6.07) is 9.56. The van der Waals surface area contributed by atoms with Crippen LogP contribution in [0.1, 0.15) is 24.2 Å². The number of amides is 1. The number of nitrogens with zero attached hydrogens (tertiary/aromatic N) is 2. The zero-order valence-electron chi connectivity index (χ0n) is 15.9. The van der Waals surface area contributed by atoms with Crippen molar-refractivity contribution >= 4 is 56.4 Å². The van der Waals surface area contributed by atoms with Crippen LogP contribution in [0.25, 0.3) is 11.1 Å². The summed E-state index contributed by atoms with van der Waals surface area (Å²) in [4.78, 5) is 25.0. The summed E-state index contributed by atoms with van der Waals surface area (Å²) in [5.41, 5.74) is 2.02. The van der Waals surface area contributed by atoms with Crippen LogP contribution in [0.3, 0.4) is 0 Å². The minimum atomic E-state index is -0.449. The number of nitrogens with one attached hydrogen (secondary N) is 2. The van der Waals surface area contributed by atoms with Gasteiger partial charge in [-0.3, -0.25) is 4.79 Å². The van der Waals surface area contributed by atoms with E-state index >= 15 is 0 Å². The van der Waals surface area contributed by atoms with Gasteiger partial charge in [-0.15, -0.1) is 21.5 Å². The predicted molar refractivity (Wildman–Crippen MR) is 119 cm³/mol. The van der Waals surface area contributed by atoms with Crippen molar-refractivity contribution in [3.63, 3.8) is 0 Å². The Morgan fingerprint density at radius 3 is 2.69 bits per heavy atom. The number of hydrogen-bond acceptors (Lipinski definition) is 9. The van der Waals surface area contributed by atoms with E-state index in [2.05, 4.69) is 20.8 Å². The Labute approximate surface area is 180 Å². The largest absolute Gasteiger partial charge is 0.462 e. The maximum atomic E-state index is 12.6. The molecular weight excluding hydrogens is 428 g/mol. The van der Waals surface area contributed by atoms with Gasteiger partial charge >= 0.3 is 5.97 Å². The lowest BCUT2D eigenvalue weighted by molar-refractivity contribution is -0.113. The van der Waals surface area contributed by atoms with E-state index < -0.39 is 5.97 Å². The van der Waals surface area contributed by atoms with Crippen LogP contribution < -0.4 is 10.6 Å². The fraction of sp³-hybridized carbons (Fsp3) is 0.263. The van der Waals surface area contributed by atoms with Gasteiger partial charge < -0.3 is 15.4 Å². The summed E-state index contributed by atoms with van der Waals surface area (Å²) in [5.74, 6) is -0.501. The molecule has 29 heavy (non-hydrogen) atoms. The molecule has 0 bridgehead atoms. The van der Waals surface area contributed by atoms with E-state index in [1.165, 1.54) is 34.4 Å². The van der Waals surface area contributed by atoms with Crippen LogP contribution >= 0.6 is 34.4 Å². The molecule has 2 heterocycles. The van der Waals surface area contributed by atoms with Crippen molar-refractivity contribution in [1.82, 2.24) is 10.2 Å². The van der Waals surface area contributed by atoms with Crippen molar-refractivity contribution < 1.29 is 14.3 Å². The lowest BCUT2D eigenvalue weighted by Gasteiger charge is -2.08. The number of thioether (sulfide) groups is 1. The Kier molecular flexibility index (Phi) is 7.62. The first kappa shape index (κ1) is 21.3. The van der Waals surface area contributed by atoms with Gasteiger partial charge in [0.2, 0.25) is 11.0 Å². The molecule has 3 aromatic rings. The molecule has 1 amide bonds. The molecule has 0 unspecified atom stereocenters. The van der Waals surface area contributed by atoms with Gasteiger partial charge in [0, 0.05) is 17.5 Å².